The van der Waals surface area contributed by atoms with Crippen molar-refractivity contribution in [3.8, 4) is 0 Å². The van der Waals surface area contributed by atoms with Crippen LogP contribution in [-0.4, -0.2) is 54.3 Å². The van der Waals surface area contributed by atoms with Crippen LogP contribution < -0.4 is 0 Å². The first-order chi connectivity index (χ1) is 9.32. The van der Waals surface area contributed by atoms with Crippen molar-refractivity contribution in [3.63, 3.8) is 0 Å². The van der Waals surface area contributed by atoms with E-state index in [1.807, 2.05) is 0 Å². The average molecular weight is 304 g/mol. The highest BCUT2D eigenvalue weighted by Gasteiger charge is 2.38. The number of carboxylic acid groups (broad SMARTS) is 1. The van der Waals surface area contributed by atoms with Crippen LogP contribution in [0, 0.1) is 17.8 Å². The molecule has 20 heavy (non-hydrogen) atoms. The Kier molecular flexibility index (Phi) is 4.71. The number of hydrogen-bond donors (Lipinski definition) is 1. The highest BCUT2D eigenvalue weighted by Crippen LogP contribution is 2.28. The third-order valence-electron chi connectivity index (χ3n) is 4.59. The number of aliphatic carboxylic acids is 1. The zero-order valence-electron chi connectivity index (χ0n) is 12.2. The van der Waals surface area contributed by atoms with Gasteiger partial charge in [0, 0.05) is 26.2 Å². The second-order valence-electron chi connectivity index (χ2n) is 6.17. The van der Waals surface area contributed by atoms with Crippen molar-refractivity contribution in [3.05, 3.63) is 0 Å². The average Bonchev–Trinajstić information content (AvgIpc) is 2.89. The second-order valence-corrected chi connectivity index (χ2v) is 8.10. The Morgan fingerprint density at radius 1 is 1.10 bits per heavy atom. The first-order valence-corrected chi connectivity index (χ1v) is 8.70. The molecule has 116 valence electrons. The van der Waals surface area contributed by atoms with Crippen molar-refractivity contribution in [2.24, 2.45) is 17.8 Å². The molecule has 0 aromatic carbocycles. The number of hydrogen-bond acceptors (Lipinski definition) is 3. The molecule has 2 heterocycles. The van der Waals surface area contributed by atoms with Gasteiger partial charge in [-0.25, -0.2) is 0 Å². The SMILES string of the molecule is CC(C)C1CCN(S(=O)(=O)N2CCC(C(=O)O)CC2)C1. The summed E-state index contributed by atoms with van der Waals surface area (Å²) in [5, 5.41) is 8.96. The lowest BCUT2D eigenvalue weighted by Gasteiger charge is -2.32. The van der Waals surface area contributed by atoms with Crippen LogP contribution in [0.15, 0.2) is 0 Å². The number of nitrogens with zero attached hydrogens (tertiary/aromatic N) is 2. The van der Waals surface area contributed by atoms with E-state index in [0.717, 1.165) is 6.42 Å². The molecular weight excluding hydrogens is 280 g/mol. The van der Waals surface area contributed by atoms with Crippen LogP contribution in [0.1, 0.15) is 33.1 Å². The zero-order valence-corrected chi connectivity index (χ0v) is 13.0. The topological polar surface area (TPSA) is 77.9 Å². The molecule has 0 aromatic heterocycles. The Bertz CT molecular complexity index is 455. The first kappa shape index (κ1) is 15.7. The minimum atomic E-state index is -3.40. The van der Waals surface area contributed by atoms with Crippen molar-refractivity contribution in [1.82, 2.24) is 8.61 Å². The fraction of sp³-hybridized carbons (Fsp3) is 0.923. The molecule has 2 aliphatic rings. The maximum absolute atomic E-state index is 12.5. The van der Waals surface area contributed by atoms with E-state index in [1.165, 1.54) is 4.31 Å². The van der Waals surface area contributed by atoms with Gasteiger partial charge in [0.2, 0.25) is 0 Å². The Labute approximate surface area is 120 Å². The van der Waals surface area contributed by atoms with E-state index < -0.39 is 22.1 Å². The predicted molar refractivity (Wildman–Crippen MR) is 75.4 cm³/mol. The normalized spacial score (nSPS) is 27.2. The summed E-state index contributed by atoms with van der Waals surface area (Å²) >= 11 is 0. The van der Waals surface area contributed by atoms with Crippen molar-refractivity contribution in [1.29, 1.82) is 0 Å². The van der Waals surface area contributed by atoms with Gasteiger partial charge in [-0.1, -0.05) is 13.8 Å². The number of carboxylic acids is 1. The summed E-state index contributed by atoms with van der Waals surface area (Å²) in [7, 11) is -3.40. The molecule has 0 saturated carbocycles. The molecule has 0 aliphatic carbocycles. The summed E-state index contributed by atoms with van der Waals surface area (Å²) in [6.45, 7) is 6.07. The molecule has 0 radical (unpaired) electrons. The van der Waals surface area contributed by atoms with E-state index in [2.05, 4.69) is 13.8 Å². The van der Waals surface area contributed by atoms with Crippen LogP contribution in [0.4, 0.5) is 0 Å². The van der Waals surface area contributed by atoms with E-state index in [9.17, 15) is 13.2 Å². The highest BCUT2D eigenvalue weighted by molar-refractivity contribution is 7.86. The van der Waals surface area contributed by atoms with Crippen molar-refractivity contribution < 1.29 is 18.3 Å². The smallest absolute Gasteiger partial charge is 0.306 e. The molecule has 2 rings (SSSR count). The molecule has 2 aliphatic heterocycles. The van der Waals surface area contributed by atoms with Crippen LogP contribution in [-0.2, 0) is 15.0 Å². The Morgan fingerprint density at radius 2 is 1.65 bits per heavy atom. The molecule has 6 nitrogen and oxygen atoms in total. The summed E-state index contributed by atoms with van der Waals surface area (Å²) in [5.41, 5.74) is 0. The second kappa shape index (κ2) is 5.99. The monoisotopic (exact) mass is 304 g/mol. The summed E-state index contributed by atoms with van der Waals surface area (Å²) < 4.78 is 28.1. The molecule has 7 heteroatoms. The molecule has 0 spiro atoms. The summed E-state index contributed by atoms with van der Waals surface area (Å²) in [6, 6.07) is 0. The van der Waals surface area contributed by atoms with Crippen molar-refractivity contribution in [2.45, 2.75) is 33.1 Å². The van der Waals surface area contributed by atoms with Gasteiger partial charge >= 0.3 is 5.97 Å². The van der Waals surface area contributed by atoms with Gasteiger partial charge in [0.05, 0.1) is 5.92 Å². The van der Waals surface area contributed by atoms with E-state index >= 15 is 0 Å². The van der Waals surface area contributed by atoms with Gasteiger partial charge in [0.25, 0.3) is 10.2 Å². The van der Waals surface area contributed by atoms with Crippen LogP contribution in [0.5, 0.6) is 0 Å². The fourth-order valence-corrected chi connectivity index (χ4v) is 4.72. The molecule has 0 bridgehead atoms. The van der Waals surface area contributed by atoms with Gasteiger partial charge in [-0.3, -0.25) is 4.79 Å². The Morgan fingerprint density at radius 3 is 2.10 bits per heavy atom. The van der Waals surface area contributed by atoms with E-state index in [0.29, 0.717) is 50.9 Å². The van der Waals surface area contributed by atoms with E-state index in [1.54, 1.807) is 4.31 Å². The molecule has 1 unspecified atom stereocenters. The number of piperidine rings is 1. The lowest BCUT2D eigenvalue weighted by Crippen LogP contribution is -2.47. The van der Waals surface area contributed by atoms with Gasteiger partial charge in [0.15, 0.2) is 0 Å². The van der Waals surface area contributed by atoms with Gasteiger partial charge in [-0.15, -0.1) is 0 Å². The molecule has 0 aromatic rings. The maximum Gasteiger partial charge on any atom is 0.306 e. The highest BCUT2D eigenvalue weighted by atomic mass is 32.2. The maximum atomic E-state index is 12.5. The first-order valence-electron chi connectivity index (χ1n) is 7.30. The molecule has 0 amide bonds. The van der Waals surface area contributed by atoms with Crippen molar-refractivity contribution >= 4 is 16.2 Å². The lowest BCUT2D eigenvalue weighted by atomic mass is 9.96. The van der Waals surface area contributed by atoms with E-state index in [-0.39, 0.29) is 0 Å². The molecule has 2 fully saturated rings. The zero-order chi connectivity index (χ0) is 14.9. The minimum absolute atomic E-state index is 0.322. The third kappa shape index (κ3) is 3.15. The van der Waals surface area contributed by atoms with Crippen molar-refractivity contribution in [2.75, 3.05) is 26.2 Å². The standard InChI is InChI=1S/C13H24N2O4S/c1-10(2)12-5-8-15(9-12)20(18,19)14-6-3-11(4-7-14)13(16)17/h10-12H,3-9H2,1-2H3,(H,16,17). The fourth-order valence-electron chi connectivity index (χ4n) is 3.00. The Hall–Kier alpha value is -0.660. The Balaban J connectivity index is 1.97. The summed E-state index contributed by atoms with van der Waals surface area (Å²) in [5.74, 6) is -0.291. The van der Waals surface area contributed by atoms with Crippen LogP contribution in [0.2, 0.25) is 0 Å². The molecule has 2 saturated heterocycles. The lowest BCUT2D eigenvalue weighted by molar-refractivity contribution is -0.142. The third-order valence-corrected chi connectivity index (χ3v) is 6.59. The summed E-state index contributed by atoms with van der Waals surface area (Å²) in [6.07, 6.45) is 1.74. The number of carbonyl (C=O) groups is 1. The van der Waals surface area contributed by atoms with Crippen LogP contribution in [0.25, 0.3) is 0 Å². The predicted octanol–water partition coefficient (Wildman–Crippen LogP) is 1.01. The van der Waals surface area contributed by atoms with Crippen LogP contribution in [0.3, 0.4) is 0 Å². The van der Waals surface area contributed by atoms with Gasteiger partial charge < -0.3 is 5.11 Å². The summed E-state index contributed by atoms with van der Waals surface area (Å²) in [4.78, 5) is 10.9. The van der Waals surface area contributed by atoms with E-state index in [4.69, 9.17) is 5.11 Å². The number of rotatable bonds is 4. The van der Waals surface area contributed by atoms with Gasteiger partial charge in [-0.05, 0) is 31.1 Å². The molecule has 1 N–H and O–H groups in total. The van der Waals surface area contributed by atoms with Crippen LogP contribution >= 0.6 is 0 Å². The largest absolute Gasteiger partial charge is 0.481 e. The molecule has 1 atom stereocenters. The van der Waals surface area contributed by atoms with Gasteiger partial charge in [-0.2, -0.15) is 17.0 Å². The quantitative estimate of drug-likeness (QED) is 0.840. The minimum Gasteiger partial charge on any atom is -0.481 e. The van der Waals surface area contributed by atoms with Gasteiger partial charge in [0.1, 0.15) is 0 Å². The molecular formula is C13H24N2O4S.